The molecule has 1 fully saturated rings. The molecule has 0 amide bonds. The highest BCUT2D eigenvalue weighted by atomic mass is 31.2. The minimum absolute atomic E-state index is 0.144. The number of hydrogen-bond donors (Lipinski definition) is 0. The van der Waals surface area contributed by atoms with E-state index in [0.29, 0.717) is 0 Å². The molecule has 156 valence electrons. The summed E-state index contributed by atoms with van der Waals surface area (Å²) in [6.45, 7) is 7.80. The predicted molar refractivity (Wildman–Crippen MR) is 105 cm³/mol. The van der Waals surface area contributed by atoms with Gasteiger partial charge in [-0.25, -0.2) is 0 Å². The van der Waals surface area contributed by atoms with Crippen LogP contribution in [0.1, 0.15) is 66.2 Å². The zero-order chi connectivity index (χ0) is 19.6. The smallest absolute Gasteiger partial charge is 0.307 e. The van der Waals surface area contributed by atoms with Crippen molar-refractivity contribution < 1.29 is 27.2 Å². The first kappa shape index (κ1) is 24.3. The monoisotopic (exact) mass is 413 g/mol. The van der Waals surface area contributed by atoms with E-state index < -0.39 is 20.7 Å². The standard InChI is InChI=1S/C17H37NO6P2/c1-6-21-25(19,22-7-2)17(26(20,23-8-3)24-9-4)18(5)16-14-12-10-11-13-15-16/h16-17H,6-15H2,1-5H3. The molecule has 1 aliphatic rings. The Morgan fingerprint density at radius 3 is 1.42 bits per heavy atom. The maximum Gasteiger partial charge on any atom is 0.360 e. The van der Waals surface area contributed by atoms with Gasteiger partial charge in [-0.3, -0.25) is 14.0 Å². The second kappa shape index (κ2) is 12.0. The highest BCUT2D eigenvalue weighted by Gasteiger charge is 2.54. The molecule has 0 aliphatic heterocycles. The molecule has 7 nitrogen and oxygen atoms in total. The van der Waals surface area contributed by atoms with E-state index in [1.807, 2.05) is 11.9 Å². The van der Waals surface area contributed by atoms with Gasteiger partial charge in [-0.2, -0.15) is 0 Å². The Labute approximate surface area is 159 Å². The molecule has 0 bridgehead atoms. The fraction of sp³-hybridized carbons (Fsp3) is 1.00. The van der Waals surface area contributed by atoms with Crippen molar-refractivity contribution in [2.24, 2.45) is 0 Å². The van der Waals surface area contributed by atoms with Gasteiger partial charge in [-0.1, -0.05) is 25.7 Å². The third-order valence-electron chi connectivity index (χ3n) is 4.57. The number of hydrogen-bond acceptors (Lipinski definition) is 7. The molecule has 1 aliphatic carbocycles. The maximum absolute atomic E-state index is 13.7. The molecule has 0 aromatic carbocycles. The molecular weight excluding hydrogens is 376 g/mol. The lowest BCUT2D eigenvalue weighted by Crippen LogP contribution is -2.41. The second-order valence-electron chi connectivity index (χ2n) is 6.41. The first-order chi connectivity index (χ1) is 12.4. The van der Waals surface area contributed by atoms with Gasteiger partial charge < -0.3 is 18.1 Å². The van der Waals surface area contributed by atoms with Crippen molar-refractivity contribution >= 4 is 15.2 Å². The Morgan fingerprint density at radius 1 is 0.769 bits per heavy atom. The molecule has 0 N–H and O–H groups in total. The van der Waals surface area contributed by atoms with Gasteiger partial charge in [0.2, 0.25) is 5.52 Å². The second-order valence-corrected chi connectivity index (χ2v) is 11.0. The van der Waals surface area contributed by atoms with Crippen LogP contribution in [0.2, 0.25) is 0 Å². The van der Waals surface area contributed by atoms with Gasteiger partial charge in [0.05, 0.1) is 26.4 Å². The van der Waals surface area contributed by atoms with Gasteiger partial charge >= 0.3 is 15.2 Å². The molecular formula is C17H37NO6P2. The van der Waals surface area contributed by atoms with E-state index in [4.69, 9.17) is 18.1 Å². The van der Waals surface area contributed by atoms with E-state index in [2.05, 4.69) is 0 Å². The lowest BCUT2D eigenvalue weighted by molar-refractivity contribution is 0.138. The number of rotatable bonds is 12. The Kier molecular flexibility index (Phi) is 11.2. The van der Waals surface area contributed by atoms with Crippen LogP contribution in [-0.2, 0) is 27.2 Å². The molecule has 0 saturated heterocycles. The molecule has 0 unspecified atom stereocenters. The van der Waals surface area contributed by atoms with Crippen LogP contribution in [0.4, 0.5) is 0 Å². The fourth-order valence-corrected chi connectivity index (χ4v) is 9.11. The Morgan fingerprint density at radius 2 is 1.12 bits per heavy atom. The van der Waals surface area contributed by atoms with Crippen LogP contribution in [-0.4, -0.2) is 49.9 Å². The van der Waals surface area contributed by atoms with Crippen LogP contribution in [0.15, 0.2) is 0 Å². The predicted octanol–water partition coefficient (Wildman–Crippen LogP) is 5.46. The Bertz CT molecular complexity index is 432. The molecule has 26 heavy (non-hydrogen) atoms. The molecule has 0 aromatic rings. The minimum atomic E-state index is -3.73. The molecule has 1 rings (SSSR count). The zero-order valence-corrected chi connectivity index (χ0v) is 18.8. The van der Waals surface area contributed by atoms with E-state index in [9.17, 15) is 9.13 Å². The summed E-state index contributed by atoms with van der Waals surface area (Å²) >= 11 is 0. The highest BCUT2D eigenvalue weighted by Crippen LogP contribution is 2.71. The molecule has 0 aromatic heterocycles. The largest absolute Gasteiger partial charge is 0.360 e. The normalized spacial score (nSPS) is 17.8. The van der Waals surface area contributed by atoms with E-state index in [1.165, 1.54) is 12.8 Å². The SMILES string of the molecule is CCOP(=O)(OCC)C(N(C)C1CCCCCC1)P(=O)(OCC)OCC. The van der Waals surface area contributed by atoms with E-state index >= 15 is 0 Å². The quantitative estimate of drug-likeness (QED) is 0.311. The third-order valence-corrected chi connectivity index (χ3v) is 10.6. The van der Waals surface area contributed by atoms with Crippen molar-refractivity contribution in [3.05, 3.63) is 0 Å². The summed E-state index contributed by atoms with van der Waals surface area (Å²) in [5.74, 6) is 0. The van der Waals surface area contributed by atoms with Crippen molar-refractivity contribution in [2.75, 3.05) is 33.5 Å². The summed E-state index contributed by atoms with van der Waals surface area (Å²) < 4.78 is 49.6. The van der Waals surface area contributed by atoms with Gasteiger partial charge in [0.1, 0.15) is 0 Å². The van der Waals surface area contributed by atoms with Crippen LogP contribution < -0.4 is 0 Å². The highest BCUT2D eigenvalue weighted by molar-refractivity contribution is 7.72. The Balaban J connectivity index is 3.33. The first-order valence-electron chi connectivity index (χ1n) is 9.88. The third kappa shape index (κ3) is 6.41. The van der Waals surface area contributed by atoms with Gasteiger partial charge in [-0.15, -0.1) is 0 Å². The average Bonchev–Trinajstić information content (AvgIpc) is 2.84. The summed E-state index contributed by atoms with van der Waals surface area (Å²) in [5, 5.41) is 0. The van der Waals surface area contributed by atoms with Crippen molar-refractivity contribution in [3.63, 3.8) is 0 Å². The summed E-state index contributed by atoms with van der Waals surface area (Å²) in [5.41, 5.74) is -1.06. The summed E-state index contributed by atoms with van der Waals surface area (Å²) in [6, 6.07) is 0.144. The van der Waals surface area contributed by atoms with Crippen LogP contribution in [0.3, 0.4) is 0 Å². The van der Waals surface area contributed by atoms with Gasteiger partial charge in [0.25, 0.3) is 0 Å². The van der Waals surface area contributed by atoms with Crippen LogP contribution in [0.25, 0.3) is 0 Å². The topological polar surface area (TPSA) is 74.3 Å². The summed E-state index contributed by atoms with van der Waals surface area (Å²) in [4.78, 5) is 1.89. The maximum atomic E-state index is 13.7. The van der Waals surface area contributed by atoms with Crippen molar-refractivity contribution in [2.45, 2.75) is 77.8 Å². The molecule has 0 heterocycles. The fourth-order valence-electron chi connectivity index (χ4n) is 3.53. The van der Waals surface area contributed by atoms with Crippen molar-refractivity contribution in [1.29, 1.82) is 0 Å². The average molecular weight is 413 g/mol. The van der Waals surface area contributed by atoms with E-state index in [-0.39, 0.29) is 32.5 Å². The lowest BCUT2D eigenvalue weighted by atomic mass is 10.1. The molecule has 0 spiro atoms. The zero-order valence-electron chi connectivity index (χ0n) is 17.0. The van der Waals surface area contributed by atoms with Crippen molar-refractivity contribution in [1.82, 2.24) is 4.90 Å². The van der Waals surface area contributed by atoms with Crippen LogP contribution in [0, 0.1) is 0 Å². The molecule has 9 heteroatoms. The summed E-state index contributed by atoms with van der Waals surface area (Å²) in [7, 11) is -5.63. The van der Waals surface area contributed by atoms with Gasteiger partial charge in [0.15, 0.2) is 0 Å². The van der Waals surface area contributed by atoms with E-state index in [1.54, 1.807) is 27.7 Å². The summed E-state index contributed by atoms with van der Waals surface area (Å²) in [6.07, 6.45) is 6.51. The van der Waals surface area contributed by atoms with Crippen LogP contribution >= 0.6 is 15.2 Å². The van der Waals surface area contributed by atoms with Gasteiger partial charge in [0, 0.05) is 6.04 Å². The number of nitrogens with zero attached hydrogens (tertiary/aromatic N) is 1. The molecule has 1 saturated carbocycles. The van der Waals surface area contributed by atoms with Gasteiger partial charge in [-0.05, 0) is 47.6 Å². The molecule has 0 radical (unpaired) electrons. The lowest BCUT2D eigenvalue weighted by Gasteiger charge is -2.40. The van der Waals surface area contributed by atoms with Crippen LogP contribution in [0.5, 0.6) is 0 Å². The minimum Gasteiger partial charge on any atom is -0.307 e. The first-order valence-corrected chi connectivity index (χ1v) is 13.1. The Hall–Kier alpha value is 0.260. The van der Waals surface area contributed by atoms with E-state index in [0.717, 1.165) is 25.7 Å². The van der Waals surface area contributed by atoms with Crippen molar-refractivity contribution in [3.8, 4) is 0 Å². The molecule has 0 atom stereocenters.